The van der Waals surface area contributed by atoms with Crippen molar-refractivity contribution in [3.8, 4) is 5.75 Å². The molecule has 0 aliphatic rings. The van der Waals surface area contributed by atoms with Crippen molar-refractivity contribution in [2.45, 2.75) is 27.4 Å². The molecule has 3 heterocycles. The molecule has 0 unspecified atom stereocenters. The van der Waals surface area contributed by atoms with Crippen LogP contribution in [-0.4, -0.2) is 29.0 Å². The minimum atomic E-state index is -0.532. The number of benzene rings is 1. The van der Waals surface area contributed by atoms with Gasteiger partial charge in [0.15, 0.2) is 5.13 Å². The number of esters is 1. The Labute approximate surface area is 198 Å². The molecule has 4 aromatic rings. The van der Waals surface area contributed by atoms with E-state index < -0.39 is 5.97 Å². The number of para-hydroxylation sites is 2. The number of nitrogens with two attached hydrogens (primary N) is 1. The number of amides is 1. The Morgan fingerprint density at radius 1 is 1.18 bits per heavy atom. The molecule has 0 bridgehead atoms. The largest absolute Gasteiger partial charge is 0.495 e. The third kappa shape index (κ3) is 4.39. The third-order valence-electron chi connectivity index (χ3n) is 4.93. The van der Waals surface area contributed by atoms with Gasteiger partial charge in [0.2, 0.25) is 5.91 Å². The number of carbonyl (C=O) groups excluding carboxylic acids is 2. The van der Waals surface area contributed by atoms with Gasteiger partial charge in [0.1, 0.15) is 22.1 Å². The molecule has 0 atom stereocenters. The quantitative estimate of drug-likeness (QED) is 0.385. The summed E-state index contributed by atoms with van der Waals surface area (Å²) in [6.07, 6.45) is 0. The second-order valence-electron chi connectivity index (χ2n) is 7.33. The summed E-state index contributed by atoms with van der Waals surface area (Å²) in [5, 5.41) is 2.98. The zero-order chi connectivity index (χ0) is 23.7. The first kappa shape index (κ1) is 22.7. The van der Waals surface area contributed by atoms with Gasteiger partial charge < -0.3 is 15.2 Å². The lowest BCUT2D eigenvalue weighted by Crippen LogP contribution is -2.23. The summed E-state index contributed by atoms with van der Waals surface area (Å²) in [4.78, 5) is 36.6. The Bertz CT molecular complexity index is 1360. The summed E-state index contributed by atoms with van der Waals surface area (Å²) < 4.78 is 10.9. The average Bonchev–Trinajstić information content (AvgIpc) is 3.36. The summed E-state index contributed by atoms with van der Waals surface area (Å²) >= 11 is 2.49. The van der Waals surface area contributed by atoms with E-state index in [1.807, 2.05) is 32.0 Å². The van der Waals surface area contributed by atoms with E-state index in [9.17, 15) is 9.59 Å². The van der Waals surface area contributed by atoms with Crippen molar-refractivity contribution in [3.63, 3.8) is 0 Å². The average molecular weight is 483 g/mol. The van der Waals surface area contributed by atoms with Gasteiger partial charge in [0.05, 0.1) is 24.2 Å². The number of fused-ring (bicyclic) bond motifs is 1. The summed E-state index contributed by atoms with van der Waals surface area (Å²) in [6.45, 7) is 5.24. The molecule has 0 radical (unpaired) electrons. The SMILES string of the molecule is COc1ccccc1N(C(C)=O)c1nc(COC(=O)c2sc3nc(C)cc(C)c3c2N)cs1. The number of thiophene rings is 1. The summed E-state index contributed by atoms with van der Waals surface area (Å²) in [5.74, 6) is -0.195. The van der Waals surface area contributed by atoms with Crippen molar-refractivity contribution >= 4 is 61.3 Å². The van der Waals surface area contributed by atoms with Crippen LogP contribution in [0.1, 0.15) is 33.5 Å². The maximum Gasteiger partial charge on any atom is 0.350 e. The van der Waals surface area contributed by atoms with Crippen molar-refractivity contribution in [3.05, 3.63) is 57.5 Å². The van der Waals surface area contributed by atoms with Crippen LogP contribution in [-0.2, 0) is 16.1 Å². The number of anilines is 3. The third-order valence-corrected chi connectivity index (χ3v) is 6.89. The summed E-state index contributed by atoms with van der Waals surface area (Å²) in [7, 11) is 1.54. The van der Waals surface area contributed by atoms with Crippen LogP contribution in [0.15, 0.2) is 35.7 Å². The van der Waals surface area contributed by atoms with E-state index in [4.69, 9.17) is 15.2 Å². The van der Waals surface area contributed by atoms with Gasteiger partial charge in [-0.15, -0.1) is 22.7 Å². The van der Waals surface area contributed by atoms with Crippen molar-refractivity contribution < 1.29 is 19.1 Å². The molecule has 0 fully saturated rings. The molecule has 0 saturated heterocycles. The van der Waals surface area contributed by atoms with E-state index >= 15 is 0 Å². The number of aryl methyl sites for hydroxylation is 2. The molecule has 0 aliphatic carbocycles. The fourth-order valence-electron chi connectivity index (χ4n) is 3.51. The highest BCUT2D eigenvalue weighted by Gasteiger charge is 2.23. The molecular weight excluding hydrogens is 460 g/mol. The highest BCUT2D eigenvalue weighted by atomic mass is 32.1. The minimum absolute atomic E-state index is 0.0495. The molecule has 3 aromatic heterocycles. The lowest BCUT2D eigenvalue weighted by atomic mass is 10.1. The van der Waals surface area contributed by atoms with Crippen LogP contribution in [0.4, 0.5) is 16.5 Å². The van der Waals surface area contributed by atoms with E-state index in [1.54, 1.807) is 24.6 Å². The van der Waals surface area contributed by atoms with Gasteiger partial charge >= 0.3 is 5.97 Å². The van der Waals surface area contributed by atoms with Gasteiger partial charge in [-0.25, -0.2) is 14.8 Å². The Kier molecular flexibility index (Phi) is 6.30. The molecular formula is C23H22N4O4S2. The van der Waals surface area contributed by atoms with E-state index in [-0.39, 0.29) is 12.5 Å². The van der Waals surface area contributed by atoms with Gasteiger partial charge in [-0.05, 0) is 37.6 Å². The van der Waals surface area contributed by atoms with Crippen molar-refractivity contribution in [2.75, 3.05) is 17.7 Å². The maximum absolute atomic E-state index is 12.7. The van der Waals surface area contributed by atoms with Gasteiger partial charge in [-0.2, -0.15) is 0 Å². The Balaban J connectivity index is 1.54. The molecule has 0 saturated carbocycles. The number of hydrogen-bond acceptors (Lipinski definition) is 9. The van der Waals surface area contributed by atoms with Gasteiger partial charge in [0.25, 0.3) is 0 Å². The Morgan fingerprint density at radius 2 is 1.94 bits per heavy atom. The van der Waals surface area contributed by atoms with Crippen LogP contribution in [0.3, 0.4) is 0 Å². The van der Waals surface area contributed by atoms with Crippen molar-refractivity contribution in [1.82, 2.24) is 9.97 Å². The van der Waals surface area contributed by atoms with E-state index in [2.05, 4.69) is 9.97 Å². The lowest BCUT2D eigenvalue weighted by Gasteiger charge is -2.20. The zero-order valence-corrected chi connectivity index (χ0v) is 20.2. The Hall–Kier alpha value is -3.50. The normalized spacial score (nSPS) is 10.9. The standard InChI is InChI=1S/C23H22N4O4S2/c1-12-9-13(2)25-21-18(12)19(24)20(33-21)22(29)31-10-15-11-32-23(26-15)27(14(3)28)16-7-5-6-8-17(16)30-4/h5-9,11H,10,24H2,1-4H3. The van der Waals surface area contributed by atoms with Crippen molar-refractivity contribution in [1.29, 1.82) is 0 Å². The predicted molar refractivity (Wildman–Crippen MR) is 131 cm³/mol. The number of methoxy groups -OCH3 is 1. The topological polar surface area (TPSA) is 108 Å². The van der Waals surface area contributed by atoms with Crippen molar-refractivity contribution in [2.24, 2.45) is 0 Å². The fraction of sp³-hybridized carbons (Fsp3) is 0.217. The number of aromatic nitrogens is 2. The van der Waals surface area contributed by atoms with E-state index in [0.717, 1.165) is 16.6 Å². The predicted octanol–water partition coefficient (Wildman–Crippen LogP) is 5.00. The molecule has 1 aromatic carbocycles. The first-order valence-electron chi connectivity index (χ1n) is 10.0. The summed E-state index contributed by atoms with van der Waals surface area (Å²) in [5.41, 5.74) is 9.54. The van der Waals surface area contributed by atoms with E-state index in [1.165, 1.54) is 34.5 Å². The van der Waals surface area contributed by atoms with Crippen LogP contribution < -0.4 is 15.4 Å². The molecule has 1 amide bonds. The molecule has 8 nitrogen and oxygen atoms in total. The number of thiazole rings is 1. The van der Waals surface area contributed by atoms with E-state index in [0.29, 0.717) is 37.7 Å². The number of nitrogens with zero attached hydrogens (tertiary/aromatic N) is 3. The Morgan fingerprint density at radius 3 is 2.67 bits per heavy atom. The zero-order valence-electron chi connectivity index (χ0n) is 18.5. The summed E-state index contributed by atoms with van der Waals surface area (Å²) in [6, 6.07) is 9.13. The fourth-order valence-corrected chi connectivity index (χ4v) is 5.49. The molecule has 33 heavy (non-hydrogen) atoms. The van der Waals surface area contributed by atoms with Crippen LogP contribution >= 0.6 is 22.7 Å². The maximum atomic E-state index is 12.7. The van der Waals surface area contributed by atoms with Gasteiger partial charge in [-0.3, -0.25) is 9.69 Å². The van der Waals surface area contributed by atoms with Crippen LogP contribution in [0, 0.1) is 13.8 Å². The molecule has 4 rings (SSSR count). The monoisotopic (exact) mass is 482 g/mol. The highest BCUT2D eigenvalue weighted by molar-refractivity contribution is 7.21. The second-order valence-corrected chi connectivity index (χ2v) is 9.16. The minimum Gasteiger partial charge on any atom is -0.495 e. The highest BCUT2D eigenvalue weighted by Crippen LogP contribution is 2.37. The first-order chi connectivity index (χ1) is 15.8. The number of carbonyl (C=O) groups is 2. The van der Waals surface area contributed by atoms with Crippen LogP contribution in [0.2, 0.25) is 0 Å². The molecule has 0 spiro atoms. The van der Waals surface area contributed by atoms with Crippen LogP contribution in [0.5, 0.6) is 5.75 Å². The molecule has 0 aliphatic heterocycles. The first-order valence-corrected chi connectivity index (χ1v) is 11.7. The second kappa shape index (κ2) is 9.16. The lowest BCUT2D eigenvalue weighted by molar-refractivity contribution is -0.115. The number of hydrogen-bond donors (Lipinski definition) is 1. The number of nitrogen functional groups attached to an aromatic ring is 1. The number of rotatable bonds is 6. The molecule has 2 N–H and O–H groups in total. The van der Waals surface area contributed by atoms with Gasteiger partial charge in [0, 0.05) is 23.4 Å². The smallest absolute Gasteiger partial charge is 0.350 e. The molecule has 10 heteroatoms. The molecule has 170 valence electrons. The number of pyridine rings is 1. The van der Waals surface area contributed by atoms with Gasteiger partial charge in [-0.1, -0.05) is 12.1 Å². The number of ether oxygens (including phenoxy) is 2. The van der Waals surface area contributed by atoms with Crippen LogP contribution in [0.25, 0.3) is 10.2 Å².